The van der Waals surface area contributed by atoms with Crippen LogP contribution in [0.25, 0.3) is 22.4 Å². The molecule has 1 saturated carbocycles. The number of hydrogen-bond donors (Lipinski definition) is 2. The molecule has 5 rings (SSSR count). The molecule has 3 aromatic rings. The lowest BCUT2D eigenvalue weighted by molar-refractivity contribution is -0.152. The van der Waals surface area contributed by atoms with E-state index in [4.69, 9.17) is 4.74 Å². The lowest BCUT2D eigenvalue weighted by Gasteiger charge is -2.38. The molecule has 10 heteroatoms. The predicted octanol–water partition coefficient (Wildman–Crippen LogP) is 5.66. The molecule has 192 valence electrons. The van der Waals surface area contributed by atoms with Crippen molar-refractivity contribution in [2.75, 3.05) is 18.0 Å². The van der Waals surface area contributed by atoms with E-state index in [1.54, 1.807) is 6.20 Å². The van der Waals surface area contributed by atoms with E-state index in [-0.39, 0.29) is 12.2 Å². The second kappa shape index (κ2) is 9.38. The largest absolute Gasteiger partial charge is 0.481 e. The third-order valence-corrected chi connectivity index (χ3v) is 7.53. The Hall–Kier alpha value is -3.14. The Labute approximate surface area is 206 Å². The van der Waals surface area contributed by atoms with Crippen LogP contribution in [-0.2, 0) is 15.7 Å². The number of aromatic amines is 1. The number of fused-ring (bicyclic) bond motifs is 1. The molecule has 0 unspecified atom stereocenters. The van der Waals surface area contributed by atoms with Crippen LogP contribution in [0.5, 0.6) is 0 Å². The maximum Gasteiger partial charge on any atom is 0.416 e. The molecule has 7 nitrogen and oxygen atoms in total. The van der Waals surface area contributed by atoms with Gasteiger partial charge in [0.05, 0.1) is 34.2 Å². The number of carboxylic acids is 1. The van der Waals surface area contributed by atoms with Crippen LogP contribution >= 0.6 is 0 Å². The van der Waals surface area contributed by atoms with Crippen molar-refractivity contribution in [3.63, 3.8) is 0 Å². The Morgan fingerprint density at radius 2 is 1.81 bits per heavy atom. The summed E-state index contributed by atoms with van der Waals surface area (Å²) < 4.78 is 45.3. The van der Waals surface area contributed by atoms with Crippen molar-refractivity contribution in [2.24, 2.45) is 5.41 Å². The smallest absolute Gasteiger partial charge is 0.416 e. The quantitative estimate of drug-likeness (QED) is 0.468. The highest BCUT2D eigenvalue weighted by molar-refractivity contribution is 5.80. The van der Waals surface area contributed by atoms with Crippen molar-refractivity contribution >= 4 is 22.8 Å². The fourth-order valence-corrected chi connectivity index (χ4v) is 5.11. The minimum atomic E-state index is -4.40. The maximum absolute atomic E-state index is 13.0. The van der Waals surface area contributed by atoms with Gasteiger partial charge in [0, 0.05) is 24.8 Å². The first kappa shape index (κ1) is 24.5. The van der Waals surface area contributed by atoms with Crippen molar-refractivity contribution in [1.82, 2.24) is 15.0 Å². The van der Waals surface area contributed by atoms with Crippen LogP contribution in [0.4, 0.5) is 19.0 Å². The lowest BCUT2D eigenvalue weighted by Crippen LogP contribution is -2.41. The Kier molecular flexibility index (Phi) is 6.40. The van der Waals surface area contributed by atoms with Crippen LogP contribution in [0.3, 0.4) is 0 Å². The molecule has 2 fully saturated rings. The van der Waals surface area contributed by atoms with Crippen LogP contribution in [0.15, 0.2) is 36.5 Å². The molecule has 1 aromatic carbocycles. The van der Waals surface area contributed by atoms with Crippen molar-refractivity contribution in [1.29, 1.82) is 0 Å². The number of nitrogens with one attached hydrogen (secondary N) is 1. The Balaban J connectivity index is 1.16. The van der Waals surface area contributed by atoms with E-state index < -0.39 is 23.1 Å². The SMILES string of the molecule is C[C@]1(C(=O)O)CC[C@@H](OC2CCN(c3ccc(-c4nc5ccc(C(F)(F)F)cc5[nH]4)cn3)CC2)CC1. The molecule has 0 spiro atoms. The van der Waals surface area contributed by atoms with Crippen LogP contribution in [0.2, 0.25) is 0 Å². The van der Waals surface area contributed by atoms with E-state index in [2.05, 4.69) is 19.9 Å². The number of halogens is 3. The third-order valence-electron chi connectivity index (χ3n) is 7.53. The number of nitrogens with zero attached hydrogens (tertiary/aromatic N) is 3. The molecule has 1 saturated heterocycles. The van der Waals surface area contributed by atoms with E-state index in [1.807, 2.05) is 19.1 Å². The number of alkyl halides is 3. The molecule has 1 aliphatic carbocycles. The van der Waals surface area contributed by atoms with Gasteiger partial charge in [0.2, 0.25) is 0 Å². The van der Waals surface area contributed by atoms with Gasteiger partial charge >= 0.3 is 12.1 Å². The second-order valence-corrected chi connectivity index (χ2v) is 10.1. The highest BCUT2D eigenvalue weighted by Crippen LogP contribution is 2.38. The topological polar surface area (TPSA) is 91.3 Å². The summed E-state index contributed by atoms with van der Waals surface area (Å²) in [5.74, 6) is 0.591. The molecular weight excluding hydrogens is 473 g/mol. The second-order valence-electron chi connectivity index (χ2n) is 10.1. The number of rotatable bonds is 5. The summed E-state index contributed by atoms with van der Waals surface area (Å²) in [4.78, 5) is 25.6. The zero-order chi connectivity index (χ0) is 25.5. The lowest BCUT2D eigenvalue weighted by atomic mass is 9.75. The zero-order valence-corrected chi connectivity index (χ0v) is 20.0. The van der Waals surface area contributed by atoms with Gasteiger partial charge in [-0.3, -0.25) is 4.79 Å². The molecule has 0 radical (unpaired) electrons. The fourth-order valence-electron chi connectivity index (χ4n) is 5.11. The highest BCUT2D eigenvalue weighted by atomic mass is 19.4. The molecule has 0 atom stereocenters. The Morgan fingerprint density at radius 3 is 2.42 bits per heavy atom. The number of imidazole rings is 1. The first-order chi connectivity index (χ1) is 17.1. The number of benzene rings is 1. The van der Waals surface area contributed by atoms with E-state index in [1.165, 1.54) is 6.07 Å². The van der Waals surface area contributed by atoms with E-state index >= 15 is 0 Å². The number of carboxylic acid groups (broad SMARTS) is 1. The number of hydrogen-bond acceptors (Lipinski definition) is 5. The minimum absolute atomic E-state index is 0.127. The number of aromatic nitrogens is 3. The normalized spacial score (nSPS) is 23.8. The van der Waals surface area contributed by atoms with E-state index in [0.29, 0.717) is 35.3 Å². The van der Waals surface area contributed by atoms with Crippen molar-refractivity contribution in [2.45, 2.75) is 63.8 Å². The van der Waals surface area contributed by atoms with Gasteiger partial charge in [0.25, 0.3) is 0 Å². The summed E-state index contributed by atoms with van der Waals surface area (Å²) in [6.45, 7) is 3.43. The molecule has 0 bridgehead atoms. The molecule has 0 amide bonds. The van der Waals surface area contributed by atoms with Crippen LogP contribution in [-0.4, -0.2) is 51.3 Å². The van der Waals surface area contributed by atoms with Gasteiger partial charge in [-0.15, -0.1) is 0 Å². The third kappa shape index (κ3) is 5.04. The van der Waals surface area contributed by atoms with Crippen LogP contribution in [0.1, 0.15) is 51.0 Å². The number of aliphatic carboxylic acids is 1. The molecule has 3 heterocycles. The van der Waals surface area contributed by atoms with Gasteiger partial charge in [-0.05, 0) is 75.8 Å². The molecule has 1 aliphatic heterocycles. The van der Waals surface area contributed by atoms with Crippen LogP contribution < -0.4 is 4.90 Å². The Morgan fingerprint density at radius 1 is 1.11 bits per heavy atom. The summed E-state index contributed by atoms with van der Waals surface area (Å²) in [5.41, 5.74) is 0.155. The molecule has 2 N–H and O–H groups in total. The Bertz CT molecular complexity index is 1230. The summed E-state index contributed by atoms with van der Waals surface area (Å²) >= 11 is 0. The van der Waals surface area contributed by atoms with Gasteiger partial charge in [-0.2, -0.15) is 13.2 Å². The van der Waals surface area contributed by atoms with Gasteiger partial charge in [-0.25, -0.2) is 9.97 Å². The number of ether oxygens (including phenoxy) is 1. The fraction of sp³-hybridized carbons (Fsp3) is 0.500. The summed E-state index contributed by atoms with van der Waals surface area (Å²) in [7, 11) is 0. The van der Waals surface area contributed by atoms with Crippen molar-refractivity contribution < 1.29 is 27.8 Å². The van der Waals surface area contributed by atoms with Crippen LogP contribution in [0, 0.1) is 5.41 Å². The highest BCUT2D eigenvalue weighted by Gasteiger charge is 2.38. The minimum Gasteiger partial charge on any atom is -0.481 e. The predicted molar refractivity (Wildman–Crippen MR) is 129 cm³/mol. The molecular formula is C26H29F3N4O3. The van der Waals surface area contributed by atoms with Gasteiger partial charge in [0.15, 0.2) is 0 Å². The first-order valence-corrected chi connectivity index (χ1v) is 12.3. The average Bonchev–Trinajstić information content (AvgIpc) is 3.29. The van der Waals surface area contributed by atoms with Gasteiger partial charge < -0.3 is 19.7 Å². The number of H-pyrrole nitrogens is 1. The average molecular weight is 503 g/mol. The summed E-state index contributed by atoms with van der Waals surface area (Å²) in [6.07, 6.45) is 2.19. The standard InChI is InChI=1S/C26H29F3N4O3/c1-25(24(34)35)10-6-18(7-11-25)36-19-8-12-33(13-9-19)22-5-2-16(15-30-22)23-31-20-4-3-17(26(27,28)29)14-21(20)32-23/h2-5,14-15,18-19H,6-13H2,1H3,(H,31,32)(H,34,35)/t18-,25+. The van der Waals surface area contributed by atoms with Crippen molar-refractivity contribution in [3.05, 3.63) is 42.1 Å². The van der Waals surface area contributed by atoms with Gasteiger partial charge in [0.1, 0.15) is 11.6 Å². The maximum atomic E-state index is 13.0. The van der Waals surface area contributed by atoms with Crippen molar-refractivity contribution in [3.8, 4) is 11.4 Å². The summed E-state index contributed by atoms with van der Waals surface area (Å²) in [5, 5.41) is 9.40. The number of anilines is 1. The molecule has 36 heavy (non-hydrogen) atoms. The van der Waals surface area contributed by atoms with E-state index in [9.17, 15) is 23.1 Å². The monoisotopic (exact) mass is 502 g/mol. The van der Waals surface area contributed by atoms with Gasteiger partial charge in [-0.1, -0.05) is 0 Å². The zero-order valence-electron chi connectivity index (χ0n) is 20.0. The number of pyridine rings is 1. The molecule has 2 aliphatic rings. The first-order valence-electron chi connectivity index (χ1n) is 12.3. The molecule has 2 aromatic heterocycles. The number of carbonyl (C=O) groups is 1. The van der Waals surface area contributed by atoms with E-state index in [0.717, 1.165) is 56.7 Å². The summed E-state index contributed by atoms with van der Waals surface area (Å²) in [6, 6.07) is 7.23. The number of piperidine rings is 1.